The first-order chi connectivity index (χ1) is 16.7. The molecule has 1 atom stereocenters. The third-order valence-corrected chi connectivity index (χ3v) is 8.29. The van der Waals surface area contributed by atoms with Crippen LogP contribution < -0.4 is 11.5 Å². The summed E-state index contributed by atoms with van der Waals surface area (Å²) in [4.78, 5) is 14.4. The number of carbonyl (C=O) groups is 1. The lowest BCUT2D eigenvalue weighted by Crippen LogP contribution is -2.44. The molecule has 0 saturated heterocycles. The Balaban J connectivity index is 2.35. The molecule has 2 rings (SSSR count). The molecule has 1 unspecified atom stereocenters. The first-order valence-corrected chi connectivity index (χ1v) is 14.0. The minimum Gasteiger partial charge on any atom is -0.511 e. The van der Waals surface area contributed by atoms with Crippen LogP contribution in [0, 0.1) is 12.8 Å². The van der Waals surface area contributed by atoms with Crippen LogP contribution in [0.5, 0.6) is 0 Å². The first kappa shape index (κ1) is 30.6. The molecule has 0 bridgehead atoms. The number of halogens is 2. The maximum atomic E-state index is 13.3. The zero-order valence-corrected chi connectivity index (χ0v) is 24.5. The van der Waals surface area contributed by atoms with Crippen molar-refractivity contribution in [2.24, 2.45) is 11.7 Å². The molecule has 0 fully saturated rings. The number of cyclic esters (lactones) is 1. The van der Waals surface area contributed by atoms with E-state index in [1.807, 2.05) is 45.1 Å². The molecule has 1 aromatic carbocycles. The van der Waals surface area contributed by atoms with E-state index in [1.54, 1.807) is 0 Å². The summed E-state index contributed by atoms with van der Waals surface area (Å²) in [6, 6.07) is 3.93. The fraction of sp³-hybridized carbons (Fsp3) is 0.536. The van der Waals surface area contributed by atoms with Gasteiger partial charge in [0.2, 0.25) is 0 Å². The fourth-order valence-corrected chi connectivity index (χ4v) is 5.71. The molecule has 5 N–H and O–H groups in total. The van der Waals surface area contributed by atoms with Gasteiger partial charge in [0.15, 0.2) is 0 Å². The third-order valence-electron chi connectivity index (χ3n) is 6.67. The minimum absolute atomic E-state index is 0.000484. The van der Waals surface area contributed by atoms with Crippen LogP contribution in [0.25, 0.3) is 0 Å². The molecule has 1 heterocycles. The van der Waals surface area contributed by atoms with Gasteiger partial charge in [-0.3, -0.25) is 0 Å². The number of nitrogens with two attached hydrogens (primary N) is 2. The topological polar surface area (TPSA) is 98.6 Å². The Morgan fingerprint density at radius 3 is 2.50 bits per heavy atom. The summed E-state index contributed by atoms with van der Waals surface area (Å²) in [7, 11) is 0. The van der Waals surface area contributed by atoms with Gasteiger partial charge in [0.1, 0.15) is 16.3 Å². The Hall–Kier alpha value is -1.60. The van der Waals surface area contributed by atoms with Crippen LogP contribution in [0.3, 0.4) is 0 Å². The monoisotopic (exact) mass is 554 g/mol. The van der Waals surface area contributed by atoms with Crippen molar-refractivity contribution in [3.63, 3.8) is 0 Å². The molecule has 5 nitrogen and oxygen atoms in total. The van der Waals surface area contributed by atoms with Crippen molar-refractivity contribution >= 4 is 46.6 Å². The van der Waals surface area contributed by atoms with Gasteiger partial charge in [-0.05, 0) is 60.8 Å². The summed E-state index contributed by atoms with van der Waals surface area (Å²) in [6.07, 6.45) is 5.92. The van der Waals surface area contributed by atoms with Crippen molar-refractivity contribution in [3.8, 4) is 0 Å². The Morgan fingerprint density at radius 1 is 1.31 bits per heavy atom. The second-order valence-corrected chi connectivity index (χ2v) is 12.5. The maximum absolute atomic E-state index is 13.3. The van der Waals surface area contributed by atoms with Crippen LogP contribution in [-0.2, 0) is 14.9 Å². The molecule has 36 heavy (non-hydrogen) atoms. The number of nitrogen functional groups attached to an aromatic ring is 1. The highest BCUT2D eigenvalue weighted by molar-refractivity contribution is 8.04. The Labute approximate surface area is 230 Å². The van der Waals surface area contributed by atoms with E-state index in [-0.39, 0.29) is 35.0 Å². The molecular weight excluding hydrogens is 515 g/mol. The Morgan fingerprint density at radius 2 is 1.97 bits per heavy atom. The van der Waals surface area contributed by atoms with E-state index in [0.717, 1.165) is 21.6 Å². The average Bonchev–Trinajstić information content (AvgIpc) is 2.79. The predicted molar refractivity (Wildman–Crippen MR) is 154 cm³/mol. The first-order valence-electron chi connectivity index (χ1n) is 12.3. The van der Waals surface area contributed by atoms with Gasteiger partial charge < -0.3 is 21.3 Å². The third kappa shape index (κ3) is 7.70. The van der Waals surface area contributed by atoms with Crippen molar-refractivity contribution in [1.82, 2.24) is 0 Å². The second kappa shape index (κ2) is 12.8. The van der Waals surface area contributed by atoms with E-state index in [2.05, 4.69) is 20.8 Å². The van der Waals surface area contributed by atoms with Crippen molar-refractivity contribution in [3.05, 3.63) is 56.7 Å². The van der Waals surface area contributed by atoms with Gasteiger partial charge in [0, 0.05) is 34.5 Å². The highest BCUT2D eigenvalue weighted by atomic mass is 35.5. The zero-order chi connectivity index (χ0) is 27.3. The number of hydrogen-bond acceptors (Lipinski definition) is 6. The molecule has 0 aliphatic carbocycles. The van der Waals surface area contributed by atoms with Crippen molar-refractivity contribution in [1.29, 1.82) is 0 Å². The number of benzene rings is 1. The van der Waals surface area contributed by atoms with E-state index in [9.17, 15) is 9.90 Å². The van der Waals surface area contributed by atoms with Gasteiger partial charge in [0.05, 0.1) is 0 Å². The largest absolute Gasteiger partial charge is 0.511 e. The molecule has 0 spiro atoms. The molecule has 8 heteroatoms. The summed E-state index contributed by atoms with van der Waals surface area (Å²) in [5.41, 5.74) is 14.5. The summed E-state index contributed by atoms with van der Waals surface area (Å²) in [6.45, 7) is 12.5. The number of hydrogen-bond donors (Lipinski definition) is 3. The molecule has 0 radical (unpaired) electrons. The van der Waals surface area contributed by atoms with Gasteiger partial charge >= 0.3 is 5.97 Å². The van der Waals surface area contributed by atoms with Crippen LogP contribution in [-0.4, -0.2) is 29.1 Å². The molecule has 200 valence electrons. The van der Waals surface area contributed by atoms with E-state index in [4.69, 9.17) is 39.4 Å². The molecule has 0 aromatic heterocycles. The summed E-state index contributed by atoms with van der Waals surface area (Å²) in [5, 5.41) is 11.7. The van der Waals surface area contributed by atoms with E-state index in [0.29, 0.717) is 35.9 Å². The Bertz CT molecular complexity index is 1060. The van der Waals surface area contributed by atoms with Crippen molar-refractivity contribution in [2.45, 2.75) is 83.1 Å². The lowest BCUT2D eigenvalue weighted by atomic mass is 9.79. The number of thioether (sulfide) groups is 1. The number of rotatable bonds is 10. The second-order valence-electron chi connectivity index (χ2n) is 10.7. The molecule has 0 saturated carbocycles. The highest BCUT2D eigenvalue weighted by Gasteiger charge is 2.44. The minimum atomic E-state index is -0.818. The lowest BCUT2D eigenvalue weighted by molar-refractivity contribution is -0.164. The lowest BCUT2D eigenvalue weighted by Gasteiger charge is -2.40. The fourth-order valence-electron chi connectivity index (χ4n) is 4.17. The van der Waals surface area contributed by atoms with E-state index >= 15 is 0 Å². The average molecular weight is 556 g/mol. The number of aryl methyl sites for hydroxylation is 1. The standard InChI is InChI=1S/C28H40Cl2N2O3S/c1-17(2)28(11-9-19(10-12-29)7-8-20(30)16-31)15-23(33)25(26(34)35-28)36-24-13-18(3)22(32)14-21(24)27(4,5)6/h8,10,13-14,17,33H,7,9,11-12,15-16,31-32H2,1-6H3/b19-10+,20-8+. The van der Waals surface area contributed by atoms with Crippen molar-refractivity contribution < 1.29 is 14.6 Å². The summed E-state index contributed by atoms with van der Waals surface area (Å²) >= 11 is 13.3. The number of alkyl halides is 1. The molecule has 1 aliphatic heterocycles. The zero-order valence-electron chi connectivity index (χ0n) is 22.2. The van der Waals surface area contributed by atoms with Crippen molar-refractivity contribution in [2.75, 3.05) is 18.2 Å². The molecule has 0 amide bonds. The summed E-state index contributed by atoms with van der Waals surface area (Å²) in [5.74, 6) is -0.0607. The van der Waals surface area contributed by atoms with Crippen LogP contribution in [0.2, 0.25) is 0 Å². The number of ether oxygens (including phenoxy) is 1. The molecule has 1 aliphatic rings. The normalized spacial score (nSPS) is 19.8. The number of aliphatic hydroxyl groups is 1. The highest BCUT2D eigenvalue weighted by Crippen LogP contribution is 2.46. The van der Waals surface area contributed by atoms with Gasteiger partial charge in [-0.15, -0.1) is 11.6 Å². The quantitative estimate of drug-likeness (QED) is 0.120. The van der Waals surface area contributed by atoms with Gasteiger partial charge in [-0.2, -0.15) is 0 Å². The van der Waals surface area contributed by atoms with E-state index in [1.165, 1.54) is 11.8 Å². The van der Waals surface area contributed by atoms with Gasteiger partial charge in [-0.1, -0.05) is 75.7 Å². The molecular formula is C28H40Cl2N2O3S. The Kier molecular flexibility index (Phi) is 10.9. The number of anilines is 1. The number of aliphatic hydroxyl groups excluding tert-OH is 1. The number of allylic oxidation sites excluding steroid dienone is 3. The summed E-state index contributed by atoms with van der Waals surface area (Å²) < 4.78 is 6.12. The maximum Gasteiger partial charge on any atom is 0.349 e. The predicted octanol–water partition coefficient (Wildman–Crippen LogP) is 7.50. The molecule has 1 aromatic rings. The van der Waals surface area contributed by atoms with Gasteiger partial charge in [-0.25, -0.2) is 4.79 Å². The van der Waals surface area contributed by atoms with Crippen LogP contribution in [0.4, 0.5) is 5.69 Å². The number of esters is 1. The van der Waals surface area contributed by atoms with Gasteiger partial charge in [0.25, 0.3) is 0 Å². The van der Waals surface area contributed by atoms with E-state index < -0.39 is 11.6 Å². The van der Waals surface area contributed by atoms with Crippen LogP contribution in [0.15, 0.2) is 50.4 Å². The SMILES string of the molecule is Cc1cc(SC2=C(O)CC(CC/C(=C/CCl)C/C=C(/Cl)CN)(C(C)C)OC2=O)c(C(C)(C)C)cc1N. The van der Waals surface area contributed by atoms with Crippen LogP contribution >= 0.6 is 35.0 Å². The number of carbonyl (C=O) groups excluding carboxylic acids is 1. The smallest absolute Gasteiger partial charge is 0.349 e. The van der Waals surface area contributed by atoms with Crippen LogP contribution in [0.1, 0.15) is 71.4 Å².